The monoisotopic (exact) mass is 259 g/mol. The standard InChI is InChI=1S/C11H18ClN3O2/c1-4-5-15-10(16)9(12)8(6-14-15)13-7-11(2,3)17/h6,13,17H,4-5,7H2,1-3H3. The molecule has 0 aliphatic carbocycles. The zero-order chi connectivity index (χ0) is 13.1. The number of aliphatic hydroxyl groups is 1. The third-order valence-corrected chi connectivity index (χ3v) is 2.50. The summed E-state index contributed by atoms with van der Waals surface area (Å²) in [7, 11) is 0. The molecule has 17 heavy (non-hydrogen) atoms. The number of anilines is 1. The molecule has 0 fully saturated rings. The van der Waals surface area contributed by atoms with Crippen LogP contribution in [0.3, 0.4) is 0 Å². The molecule has 1 aromatic rings. The van der Waals surface area contributed by atoms with Crippen molar-refractivity contribution in [3.8, 4) is 0 Å². The Morgan fingerprint density at radius 1 is 1.59 bits per heavy atom. The molecule has 1 heterocycles. The van der Waals surface area contributed by atoms with Gasteiger partial charge in [-0.15, -0.1) is 0 Å². The summed E-state index contributed by atoms with van der Waals surface area (Å²) in [4.78, 5) is 11.8. The van der Waals surface area contributed by atoms with E-state index >= 15 is 0 Å². The van der Waals surface area contributed by atoms with Gasteiger partial charge in [-0.2, -0.15) is 5.10 Å². The number of rotatable bonds is 5. The van der Waals surface area contributed by atoms with Crippen molar-refractivity contribution < 1.29 is 5.11 Å². The lowest BCUT2D eigenvalue weighted by atomic mass is 10.1. The molecule has 0 aliphatic heterocycles. The molecule has 0 saturated carbocycles. The summed E-state index contributed by atoms with van der Waals surface area (Å²) in [6.07, 6.45) is 2.32. The summed E-state index contributed by atoms with van der Waals surface area (Å²) in [5.74, 6) is 0. The van der Waals surface area contributed by atoms with Crippen LogP contribution < -0.4 is 10.9 Å². The molecule has 0 aliphatic rings. The molecular weight excluding hydrogens is 242 g/mol. The van der Waals surface area contributed by atoms with Crippen LogP contribution >= 0.6 is 11.6 Å². The molecule has 0 aromatic carbocycles. The summed E-state index contributed by atoms with van der Waals surface area (Å²) < 4.78 is 1.33. The van der Waals surface area contributed by atoms with Gasteiger partial charge in [-0.3, -0.25) is 4.79 Å². The van der Waals surface area contributed by atoms with E-state index in [1.54, 1.807) is 13.8 Å². The van der Waals surface area contributed by atoms with E-state index in [4.69, 9.17) is 11.6 Å². The highest BCUT2D eigenvalue weighted by Crippen LogP contribution is 2.16. The molecule has 0 bridgehead atoms. The Morgan fingerprint density at radius 3 is 2.76 bits per heavy atom. The van der Waals surface area contributed by atoms with Gasteiger partial charge in [0.05, 0.1) is 17.5 Å². The second-order valence-corrected chi connectivity index (χ2v) is 4.94. The number of aryl methyl sites for hydroxylation is 1. The van der Waals surface area contributed by atoms with E-state index in [9.17, 15) is 9.90 Å². The fraction of sp³-hybridized carbons (Fsp3) is 0.636. The molecule has 0 saturated heterocycles. The van der Waals surface area contributed by atoms with Crippen LogP contribution in [0.25, 0.3) is 0 Å². The van der Waals surface area contributed by atoms with Crippen LogP contribution in [-0.4, -0.2) is 27.0 Å². The predicted octanol–water partition coefficient (Wildman–Crippen LogP) is 1.49. The topological polar surface area (TPSA) is 67.2 Å². The maximum atomic E-state index is 11.8. The molecule has 1 aromatic heterocycles. The second kappa shape index (κ2) is 5.51. The molecule has 0 atom stereocenters. The Hall–Kier alpha value is -1.07. The second-order valence-electron chi connectivity index (χ2n) is 4.57. The van der Waals surface area contributed by atoms with Gasteiger partial charge in [-0.25, -0.2) is 4.68 Å². The van der Waals surface area contributed by atoms with Crippen molar-refractivity contribution in [3.63, 3.8) is 0 Å². The molecule has 5 nitrogen and oxygen atoms in total. The van der Waals surface area contributed by atoms with Gasteiger partial charge in [0.1, 0.15) is 5.02 Å². The molecule has 1 rings (SSSR count). The van der Waals surface area contributed by atoms with Crippen molar-refractivity contribution in [1.82, 2.24) is 9.78 Å². The van der Waals surface area contributed by atoms with Gasteiger partial charge in [-0.1, -0.05) is 18.5 Å². The van der Waals surface area contributed by atoms with E-state index in [2.05, 4.69) is 10.4 Å². The van der Waals surface area contributed by atoms with E-state index in [0.29, 0.717) is 18.8 Å². The Labute approximate surface area is 105 Å². The summed E-state index contributed by atoms with van der Waals surface area (Å²) in [5, 5.41) is 16.6. The number of halogens is 1. The van der Waals surface area contributed by atoms with E-state index in [1.165, 1.54) is 10.9 Å². The zero-order valence-electron chi connectivity index (χ0n) is 10.3. The van der Waals surface area contributed by atoms with E-state index < -0.39 is 5.60 Å². The van der Waals surface area contributed by atoms with Gasteiger partial charge in [0.2, 0.25) is 0 Å². The lowest BCUT2D eigenvalue weighted by Crippen LogP contribution is -2.31. The number of nitrogens with zero attached hydrogens (tertiary/aromatic N) is 2. The average Bonchev–Trinajstić information content (AvgIpc) is 2.23. The Kier molecular flexibility index (Phi) is 4.54. The van der Waals surface area contributed by atoms with Gasteiger partial charge >= 0.3 is 0 Å². The summed E-state index contributed by atoms with van der Waals surface area (Å²) in [6.45, 7) is 6.14. The highest BCUT2D eigenvalue weighted by Gasteiger charge is 2.14. The van der Waals surface area contributed by atoms with E-state index in [0.717, 1.165) is 6.42 Å². The molecule has 0 spiro atoms. The molecule has 0 amide bonds. The molecule has 6 heteroatoms. The Bertz CT molecular complexity index is 437. The minimum absolute atomic E-state index is 0.109. The van der Waals surface area contributed by atoms with Crippen LogP contribution in [0.2, 0.25) is 5.02 Å². The fourth-order valence-electron chi connectivity index (χ4n) is 1.27. The molecular formula is C11H18ClN3O2. The normalized spacial score (nSPS) is 11.6. The maximum absolute atomic E-state index is 11.8. The summed E-state index contributed by atoms with van der Waals surface area (Å²) in [6, 6.07) is 0. The van der Waals surface area contributed by atoms with Crippen molar-refractivity contribution in [2.24, 2.45) is 0 Å². The molecule has 2 N–H and O–H groups in total. The van der Waals surface area contributed by atoms with Crippen LogP contribution in [0.15, 0.2) is 11.0 Å². The van der Waals surface area contributed by atoms with Gasteiger partial charge in [0, 0.05) is 13.1 Å². The number of aromatic nitrogens is 2. The maximum Gasteiger partial charge on any atom is 0.287 e. The lowest BCUT2D eigenvalue weighted by Gasteiger charge is -2.19. The minimum atomic E-state index is -0.873. The van der Waals surface area contributed by atoms with Crippen molar-refractivity contribution in [2.45, 2.75) is 39.3 Å². The summed E-state index contributed by atoms with van der Waals surface area (Å²) >= 11 is 5.95. The van der Waals surface area contributed by atoms with E-state index in [-0.39, 0.29) is 10.6 Å². The van der Waals surface area contributed by atoms with Crippen molar-refractivity contribution >= 4 is 17.3 Å². The SMILES string of the molecule is CCCn1ncc(NCC(C)(C)O)c(Cl)c1=O. The fourth-order valence-corrected chi connectivity index (χ4v) is 1.48. The van der Waals surface area contributed by atoms with Crippen LogP contribution in [0.4, 0.5) is 5.69 Å². The summed E-state index contributed by atoms with van der Waals surface area (Å²) in [5.41, 5.74) is -0.734. The van der Waals surface area contributed by atoms with Crippen molar-refractivity contribution in [2.75, 3.05) is 11.9 Å². The Morgan fingerprint density at radius 2 is 2.24 bits per heavy atom. The molecule has 0 unspecified atom stereocenters. The zero-order valence-corrected chi connectivity index (χ0v) is 11.1. The Balaban J connectivity index is 2.89. The first kappa shape index (κ1) is 14.0. The van der Waals surface area contributed by atoms with Crippen LogP contribution in [0.5, 0.6) is 0 Å². The quantitative estimate of drug-likeness (QED) is 0.841. The highest BCUT2D eigenvalue weighted by molar-refractivity contribution is 6.32. The van der Waals surface area contributed by atoms with Gasteiger partial charge in [-0.05, 0) is 20.3 Å². The lowest BCUT2D eigenvalue weighted by molar-refractivity contribution is 0.0945. The highest BCUT2D eigenvalue weighted by atomic mass is 35.5. The first-order valence-electron chi connectivity index (χ1n) is 5.57. The predicted molar refractivity (Wildman–Crippen MR) is 68.6 cm³/mol. The van der Waals surface area contributed by atoms with Crippen LogP contribution in [0, 0.1) is 0 Å². The number of nitrogens with one attached hydrogen (secondary N) is 1. The largest absolute Gasteiger partial charge is 0.389 e. The molecule has 96 valence electrons. The van der Waals surface area contributed by atoms with Crippen molar-refractivity contribution in [1.29, 1.82) is 0 Å². The minimum Gasteiger partial charge on any atom is -0.389 e. The smallest absolute Gasteiger partial charge is 0.287 e. The first-order chi connectivity index (χ1) is 7.85. The molecule has 0 radical (unpaired) electrons. The number of hydrogen-bond donors (Lipinski definition) is 2. The third kappa shape index (κ3) is 4.02. The van der Waals surface area contributed by atoms with Crippen molar-refractivity contribution in [3.05, 3.63) is 21.6 Å². The average molecular weight is 260 g/mol. The van der Waals surface area contributed by atoms with Gasteiger partial charge in [0.25, 0.3) is 5.56 Å². The van der Waals surface area contributed by atoms with Crippen LogP contribution in [0.1, 0.15) is 27.2 Å². The first-order valence-corrected chi connectivity index (χ1v) is 5.95. The third-order valence-electron chi connectivity index (χ3n) is 2.13. The number of hydrogen-bond acceptors (Lipinski definition) is 4. The van der Waals surface area contributed by atoms with E-state index in [1.807, 2.05) is 6.92 Å². The van der Waals surface area contributed by atoms with Gasteiger partial charge < -0.3 is 10.4 Å². The van der Waals surface area contributed by atoms with Crippen LogP contribution in [-0.2, 0) is 6.54 Å². The van der Waals surface area contributed by atoms with Gasteiger partial charge in [0.15, 0.2) is 0 Å².